The van der Waals surface area contributed by atoms with Crippen LogP contribution in [-0.2, 0) is 43.1 Å². The van der Waals surface area contributed by atoms with E-state index in [1.165, 1.54) is 14.0 Å². The second-order valence-electron chi connectivity index (χ2n) is 5.49. The summed E-state index contributed by atoms with van der Waals surface area (Å²) in [6.45, 7) is 1.34. The maximum Gasteiger partial charge on any atom is 0.338 e. The molecule has 0 aromatic carbocycles. The Labute approximate surface area is 137 Å². The minimum Gasteiger partial charge on any atom is -0.469 e. The lowest BCUT2D eigenvalue weighted by molar-refractivity contribution is -0.350. The standard InChI is InChI=1S/C14H19NO9/c1-6(16)5-7-9-8(12(17)20-2)11(14(19)22-4)24-15(9)23-10(7)13(18)21-3/h7-11H,5H2,1-4H3/t7-,8-,9-,10-,11-/m1/s1. The van der Waals surface area contributed by atoms with Gasteiger partial charge in [-0.3, -0.25) is 14.5 Å². The van der Waals surface area contributed by atoms with E-state index < -0.39 is 48.0 Å². The Bertz CT molecular complexity index is 548. The molecule has 2 rings (SSSR count). The Morgan fingerprint density at radius 3 is 1.88 bits per heavy atom. The average Bonchev–Trinajstić information content (AvgIpc) is 3.09. The number of esters is 3. The number of fused-ring (bicyclic) bond motifs is 1. The molecule has 0 aliphatic carbocycles. The summed E-state index contributed by atoms with van der Waals surface area (Å²) in [5.41, 5.74) is 0. The summed E-state index contributed by atoms with van der Waals surface area (Å²) >= 11 is 0. The van der Waals surface area contributed by atoms with Crippen molar-refractivity contribution in [3.8, 4) is 0 Å². The van der Waals surface area contributed by atoms with Gasteiger partial charge < -0.3 is 19.0 Å². The van der Waals surface area contributed by atoms with Crippen LogP contribution in [0.15, 0.2) is 0 Å². The van der Waals surface area contributed by atoms with Gasteiger partial charge in [-0.15, -0.1) is 0 Å². The van der Waals surface area contributed by atoms with Gasteiger partial charge in [0.05, 0.1) is 27.4 Å². The van der Waals surface area contributed by atoms with E-state index in [1.807, 2.05) is 0 Å². The van der Waals surface area contributed by atoms with Gasteiger partial charge in [0, 0.05) is 12.3 Å². The van der Waals surface area contributed by atoms with E-state index in [2.05, 4.69) is 9.47 Å². The summed E-state index contributed by atoms with van der Waals surface area (Å²) < 4.78 is 14.0. The molecule has 24 heavy (non-hydrogen) atoms. The zero-order chi connectivity index (χ0) is 18.0. The molecule has 10 heteroatoms. The number of Topliss-reactive ketones (excluding diaryl/α,β-unsaturated/α-hetero) is 1. The van der Waals surface area contributed by atoms with Crippen molar-refractivity contribution in [3.05, 3.63) is 0 Å². The molecular formula is C14H19NO9. The van der Waals surface area contributed by atoms with Gasteiger partial charge in [-0.25, -0.2) is 9.59 Å². The van der Waals surface area contributed by atoms with Gasteiger partial charge in [0.2, 0.25) is 0 Å². The van der Waals surface area contributed by atoms with Crippen molar-refractivity contribution in [3.63, 3.8) is 0 Å². The van der Waals surface area contributed by atoms with Crippen LogP contribution in [0.4, 0.5) is 0 Å². The highest BCUT2D eigenvalue weighted by Crippen LogP contribution is 2.43. The highest BCUT2D eigenvalue weighted by atomic mass is 17.0. The summed E-state index contributed by atoms with van der Waals surface area (Å²) in [6, 6.07) is -0.866. The molecule has 2 aliphatic heterocycles. The normalized spacial score (nSPS) is 32.1. The molecule has 10 nitrogen and oxygen atoms in total. The van der Waals surface area contributed by atoms with Gasteiger partial charge in [0.1, 0.15) is 11.7 Å². The van der Waals surface area contributed by atoms with Crippen molar-refractivity contribution in [2.45, 2.75) is 31.6 Å². The van der Waals surface area contributed by atoms with E-state index in [4.69, 9.17) is 14.4 Å². The van der Waals surface area contributed by atoms with Crippen molar-refractivity contribution in [2.75, 3.05) is 21.3 Å². The number of carbonyl (C=O) groups is 4. The number of methoxy groups -OCH3 is 3. The first-order valence-electron chi connectivity index (χ1n) is 7.21. The first kappa shape index (κ1) is 18.3. The second kappa shape index (κ2) is 7.24. The van der Waals surface area contributed by atoms with E-state index in [9.17, 15) is 19.2 Å². The third-order valence-electron chi connectivity index (χ3n) is 4.06. The van der Waals surface area contributed by atoms with Gasteiger partial charge in [-0.1, -0.05) is 5.23 Å². The molecule has 0 amide bonds. The van der Waals surface area contributed by atoms with E-state index in [0.29, 0.717) is 0 Å². The van der Waals surface area contributed by atoms with Crippen molar-refractivity contribution in [2.24, 2.45) is 11.8 Å². The van der Waals surface area contributed by atoms with E-state index in [0.717, 1.165) is 19.4 Å². The molecule has 0 radical (unpaired) electrons. The minimum atomic E-state index is -1.29. The molecule has 0 aromatic heterocycles. The molecule has 0 aromatic rings. The zero-order valence-electron chi connectivity index (χ0n) is 13.7. The van der Waals surface area contributed by atoms with Crippen molar-refractivity contribution >= 4 is 23.7 Å². The molecule has 0 bridgehead atoms. The van der Waals surface area contributed by atoms with Crippen molar-refractivity contribution in [1.82, 2.24) is 5.23 Å². The average molecular weight is 345 g/mol. The smallest absolute Gasteiger partial charge is 0.338 e. The lowest BCUT2D eigenvalue weighted by atomic mass is 9.81. The zero-order valence-corrected chi connectivity index (χ0v) is 13.7. The van der Waals surface area contributed by atoms with Gasteiger partial charge in [-0.2, -0.15) is 0 Å². The van der Waals surface area contributed by atoms with Gasteiger partial charge in [0.15, 0.2) is 12.2 Å². The predicted molar refractivity (Wildman–Crippen MR) is 73.7 cm³/mol. The Balaban J connectivity index is 2.38. The van der Waals surface area contributed by atoms with Crippen molar-refractivity contribution < 1.29 is 43.1 Å². The molecule has 0 spiro atoms. The first-order valence-corrected chi connectivity index (χ1v) is 7.21. The van der Waals surface area contributed by atoms with Gasteiger partial charge in [-0.05, 0) is 6.92 Å². The van der Waals surface area contributed by atoms with Crippen LogP contribution < -0.4 is 0 Å². The van der Waals surface area contributed by atoms with E-state index in [1.54, 1.807) is 0 Å². The fourth-order valence-electron chi connectivity index (χ4n) is 3.04. The third-order valence-corrected chi connectivity index (χ3v) is 4.06. The van der Waals surface area contributed by atoms with Gasteiger partial charge >= 0.3 is 17.9 Å². The van der Waals surface area contributed by atoms with Crippen LogP contribution >= 0.6 is 0 Å². The van der Waals surface area contributed by atoms with Crippen LogP contribution in [0.1, 0.15) is 13.3 Å². The summed E-state index contributed by atoms with van der Waals surface area (Å²) in [5, 5.41) is 0.901. The number of carbonyl (C=O) groups excluding carboxylic acids is 4. The number of ether oxygens (including phenoxy) is 3. The topological polar surface area (TPSA) is 118 Å². The molecule has 134 valence electrons. The molecule has 2 saturated heterocycles. The van der Waals surface area contributed by atoms with Crippen molar-refractivity contribution in [1.29, 1.82) is 0 Å². The predicted octanol–water partition coefficient (Wildman–Crippen LogP) is -0.985. The number of hydroxylamine groups is 2. The Hall–Kier alpha value is -2.04. The SMILES string of the molecule is COC(=O)[C@@H]1[C@H]2[C@@H](CC(C)=O)[C@H](C(=O)OC)ON2O[C@H]1C(=O)OC. The molecule has 0 unspecified atom stereocenters. The van der Waals surface area contributed by atoms with Crippen LogP contribution in [0.5, 0.6) is 0 Å². The monoisotopic (exact) mass is 345 g/mol. The molecule has 5 atom stereocenters. The Kier molecular flexibility index (Phi) is 5.52. The quantitative estimate of drug-likeness (QED) is 0.454. The number of hydrogen-bond donors (Lipinski definition) is 0. The third kappa shape index (κ3) is 3.12. The Morgan fingerprint density at radius 2 is 1.38 bits per heavy atom. The van der Waals surface area contributed by atoms with Crippen LogP contribution in [0.3, 0.4) is 0 Å². The number of nitrogens with zero attached hydrogens (tertiary/aromatic N) is 1. The maximum absolute atomic E-state index is 12.2. The van der Waals surface area contributed by atoms with E-state index >= 15 is 0 Å². The molecular weight excluding hydrogens is 326 g/mol. The lowest BCUT2D eigenvalue weighted by Gasteiger charge is -2.22. The molecule has 2 aliphatic rings. The van der Waals surface area contributed by atoms with Crippen LogP contribution in [0.2, 0.25) is 0 Å². The first-order chi connectivity index (χ1) is 11.3. The molecule has 2 fully saturated rings. The number of rotatable bonds is 5. The maximum atomic E-state index is 12.2. The number of hydrogen-bond acceptors (Lipinski definition) is 10. The van der Waals surface area contributed by atoms with Gasteiger partial charge in [0.25, 0.3) is 0 Å². The van der Waals surface area contributed by atoms with Crippen LogP contribution in [0.25, 0.3) is 0 Å². The fourth-order valence-corrected chi connectivity index (χ4v) is 3.04. The highest BCUT2D eigenvalue weighted by Gasteiger charge is 2.63. The molecule has 2 heterocycles. The Morgan fingerprint density at radius 1 is 0.875 bits per heavy atom. The minimum absolute atomic E-state index is 0.0638. The largest absolute Gasteiger partial charge is 0.469 e. The van der Waals surface area contributed by atoms with Crippen LogP contribution in [-0.4, -0.2) is 68.5 Å². The second-order valence-corrected chi connectivity index (χ2v) is 5.49. The summed E-state index contributed by atoms with van der Waals surface area (Å²) in [6.07, 6.45) is -2.48. The molecule has 0 N–H and O–H groups in total. The number of ketones is 1. The lowest BCUT2D eigenvalue weighted by Crippen LogP contribution is -2.44. The molecule has 0 saturated carbocycles. The summed E-state index contributed by atoms with van der Waals surface area (Å²) in [7, 11) is 3.48. The highest BCUT2D eigenvalue weighted by molar-refractivity contribution is 5.86. The summed E-state index contributed by atoms with van der Waals surface area (Å²) in [5.74, 6) is -4.31. The van der Waals surface area contributed by atoms with E-state index in [-0.39, 0.29) is 12.2 Å². The fraction of sp³-hybridized carbons (Fsp3) is 0.714. The van der Waals surface area contributed by atoms with Crippen LogP contribution in [0, 0.1) is 11.8 Å². The summed E-state index contributed by atoms with van der Waals surface area (Å²) in [4.78, 5) is 58.2.